The summed E-state index contributed by atoms with van der Waals surface area (Å²) in [4.78, 5) is 11.1. The Balaban J connectivity index is 1.97. The van der Waals surface area contributed by atoms with E-state index in [4.69, 9.17) is 0 Å². The minimum absolute atomic E-state index is 0.0973. The molecule has 92 valence electrons. The first-order valence-electron chi connectivity index (χ1n) is 6.05. The van der Waals surface area contributed by atoms with Crippen LogP contribution in [-0.2, 0) is 6.54 Å². The molecule has 0 amide bonds. The van der Waals surface area contributed by atoms with Crippen LogP contribution in [0.4, 0.5) is 5.69 Å². The van der Waals surface area contributed by atoms with E-state index in [1.165, 1.54) is 11.1 Å². The van der Waals surface area contributed by atoms with Crippen LogP contribution in [0.3, 0.4) is 0 Å². The molecule has 0 aromatic heterocycles. The number of hydrogen-bond acceptors (Lipinski definition) is 2. The summed E-state index contributed by atoms with van der Waals surface area (Å²) in [5.41, 5.74) is 4.29. The number of benzene rings is 2. The van der Waals surface area contributed by atoms with Gasteiger partial charge in [0.1, 0.15) is 0 Å². The molecule has 0 bridgehead atoms. The van der Waals surface area contributed by atoms with Crippen LogP contribution in [-0.4, -0.2) is 5.78 Å². The number of Topliss-reactive ketones (excluding diaryl/α,β-unsaturated/α-hetero) is 1. The van der Waals surface area contributed by atoms with Gasteiger partial charge in [-0.15, -0.1) is 0 Å². The fourth-order valence-corrected chi connectivity index (χ4v) is 1.73. The van der Waals surface area contributed by atoms with Crippen LogP contribution < -0.4 is 5.32 Å². The van der Waals surface area contributed by atoms with Crippen LogP contribution in [0.1, 0.15) is 28.4 Å². The minimum Gasteiger partial charge on any atom is -0.381 e. The van der Waals surface area contributed by atoms with E-state index in [-0.39, 0.29) is 5.78 Å². The zero-order valence-corrected chi connectivity index (χ0v) is 10.7. The monoisotopic (exact) mass is 239 g/mol. The molecule has 2 nitrogen and oxygen atoms in total. The largest absolute Gasteiger partial charge is 0.381 e. The molecule has 0 fully saturated rings. The van der Waals surface area contributed by atoms with Crippen LogP contribution in [0, 0.1) is 6.92 Å². The molecule has 0 aliphatic heterocycles. The van der Waals surface area contributed by atoms with Crippen molar-refractivity contribution in [3.8, 4) is 0 Å². The summed E-state index contributed by atoms with van der Waals surface area (Å²) in [7, 11) is 0. The number of carbonyl (C=O) groups is 1. The van der Waals surface area contributed by atoms with Crippen molar-refractivity contribution >= 4 is 11.5 Å². The smallest absolute Gasteiger partial charge is 0.159 e. The van der Waals surface area contributed by atoms with Crippen LogP contribution in [0.25, 0.3) is 0 Å². The Hall–Kier alpha value is -2.09. The van der Waals surface area contributed by atoms with Gasteiger partial charge in [-0.3, -0.25) is 4.79 Å². The zero-order valence-electron chi connectivity index (χ0n) is 10.7. The molecule has 0 spiro atoms. The standard InChI is InChI=1S/C16H17NO/c1-12-3-5-14(6-4-12)11-17-16-9-7-15(8-10-16)13(2)18/h3-10,17H,11H2,1-2H3. The number of aryl methyl sites for hydroxylation is 1. The maximum atomic E-state index is 11.1. The number of carbonyl (C=O) groups excluding carboxylic acids is 1. The Morgan fingerprint density at radius 3 is 2.17 bits per heavy atom. The van der Waals surface area contributed by atoms with E-state index in [2.05, 4.69) is 36.5 Å². The molecule has 0 aliphatic carbocycles. The van der Waals surface area contributed by atoms with Crippen LogP contribution in [0.5, 0.6) is 0 Å². The van der Waals surface area contributed by atoms with Gasteiger partial charge < -0.3 is 5.32 Å². The summed E-state index contributed by atoms with van der Waals surface area (Å²) in [5.74, 6) is 0.0973. The summed E-state index contributed by atoms with van der Waals surface area (Å²) < 4.78 is 0. The lowest BCUT2D eigenvalue weighted by Crippen LogP contribution is -2.00. The van der Waals surface area contributed by atoms with Crippen molar-refractivity contribution in [2.24, 2.45) is 0 Å². The van der Waals surface area contributed by atoms with E-state index in [0.29, 0.717) is 0 Å². The molecule has 0 saturated carbocycles. The molecule has 18 heavy (non-hydrogen) atoms. The average Bonchev–Trinajstić information content (AvgIpc) is 2.38. The van der Waals surface area contributed by atoms with Gasteiger partial charge in [0.2, 0.25) is 0 Å². The predicted molar refractivity (Wildman–Crippen MR) is 75.0 cm³/mol. The summed E-state index contributed by atoms with van der Waals surface area (Å²) >= 11 is 0. The highest BCUT2D eigenvalue weighted by Crippen LogP contribution is 2.12. The number of ketones is 1. The Morgan fingerprint density at radius 1 is 1.00 bits per heavy atom. The molecular weight excluding hydrogens is 222 g/mol. The van der Waals surface area contributed by atoms with Gasteiger partial charge >= 0.3 is 0 Å². The molecule has 0 unspecified atom stereocenters. The van der Waals surface area contributed by atoms with Crippen molar-refractivity contribution < 1.29 is 4.79 Å². The van der Waals surface area contributed by atoms with Gasteiger partial charge in [0.25, 0.3) is 0 Å². The molecule has 2 aromatic carbocycles. The van der Waals surface area contributed by atoms with E-state index in [1.54, 1.807) is 6.92 Å². The highest BCUT2D eigenvalue weighted by Gasteiger charge is 1.98. The van der Waals surface area contributed by atoms with E-state index in [0.717, 1.165) is 17.8 Å². The van der Waals surface area contributed by atoms with Gasteiger partial charge in [-0.2, -0.15) is 0 Å². The number of anilines is 1. The predicted octanol–water partition coefficient (Wildman–Crippen LogP) is 3.81. The Labute approximate surface area is 108 Å². The van der Waals surface area contributed by atoms with Gasteiger partial charge in [-0.05, 0) is 43.7 Å². The van der Waals surface area contributed by atoms with Crippen molar-refractivity contribution in [1.82, 2.24) is 0 Å². The molecule has 0 radical (unpaired) electrons. The molecule has 1 N–H and O–H groups in total. The number of rotatable bonds is 4. The normalized spacial score (nSPS) is 10.1. The van der Waals surface area contributed by atoms with Gasteiger partial charge in [0.15, 0.2) is 5.78 Å². The fourth-order valence-electron chi connectivity index (χ4n) is 1.73. The summed E-state index contributed by atoms with van der Waals surface area (Å²) in [6, 6.07) is 16.0. The molecule has 0 saturated heterocycles. The van der Waals surface area contributed by atoms with Gasteiger partial charge in [-0.25, -0.2) is 0 Å². The second kappa shape index (κ2) is 5.50. The van der Waals surface area contributed by atoms with Gasteiger partial charge in [-0.1, -0.05) is 29.8 Å². The summed E-state index contributed by atoms with van der Waals surface area (Å²) in [6.45, 7) is 4.45. The first kappa shape index (κ1) is 12.4. The van der Waals surface area contributed by atoms with E-state index in [1.807, 2.05) is 24.3 Å². The van der Waals surface area contributed by atoms with Crippen molar-refractivity contribution in [3.63, 3.8) is 0 Å². The van der Waals surface area contributed by atoms with Crippen LogP contribution >= 0.6 is 0 Å². The highest BCUT2D eigenvalue weighted by atomic mass is 16.1. The van der Waals surface area contributed by atoms with Gasteiger partial charge in [0, 0.05) is 17.8 Å². The lowest BCUT2D eigenvalue weighted by atomic mass is 10.1. The van der Waals surface area contributed by atoms with Crippen molar-refractivity contribution in [1.29, 1.82) is 0 Å². The van der Waals surface area contributed by atoms with Crippen molar-refractivity contribution in [2.75, 3.05) is 5.32 Å². The average molecular weight is 239 g/mol. The van der Waals surface area contributed by atoms with E-state index < -0.39 is 0 Å². The SMILES string of the molecule is CC(=O)c1ccc(NCc2ccc(C)cc2)cc1. The second-order valence-corrected chi connectivity index (χ2v) is 4.47. The molecule has 2 heteroatoms. The Bertz CT molecular complexity index is 526. The lowest BCUT2D eigenvalue weighted by Gasteiger charge is -2.07. The Morgan fingerprint density at radius 2 is 1.61 bits per heavy atom. The number of nitrogens with one attached hydrogen (secondary N) is 1. The number of hydrogen-bond donors (Lipinski definition) is 1. The first-order chi connectivity index (χ1) is 8.65. The van der Waals surface area contributed by atoms with Crippen molar-refractivity contribution in [3.05, 3.63) is 65.2 Å². The van der Waals surface area contributed by atoms with Crippen LogP contribution in [0.15, 0.2) is 48.5 Å². The molecule has 2 aromatic rings. The maximum absolute atomic E-state index is 11.1. The quantitative estimate of drug-likeness (QED) is 0.822. The van der Waals surface area contributed by atoms with Gasteiger partial charge in [0.05, 0.1) is 0 Å². The topological polar surface area (TPSA) is 29.1 Å². The fraction of sp³-hybridized carbons (Fsp3) is 0.188. The highest BCUT2D eigenvalue weighted by molar-refractivity contribution is 5.94. The third-order valence-electron chi connectivity index (χ3n) is 2.91. The molecule has 0 aliphatic rings. The third-order valence-corrected chi connectivity index (χ3v) is 2.91. The summed E-state index contributed by atoms with van der Waals surface area (Å²) in [6.07, 6.45) is 0. The van der Waals surface area contributed by atoms with Crippen molar-refractivity contribution in [2.45, 2.75) is 20.4 Å². The Kier molecular flexibility index (Phi) is 3.78. The molecule has 2 rings (SSSR count). The first-order valence-corrected chi connectivity index (χ1v) is 6.05. The maximum Gasteiger partial charge on any atom is 0.159 e. The third kappa shape index (κ3) is 3.20. The minimum atomic E-state index is 0.0973. The van der Waals surface area contributed by atoms with Crippen LogP contribution in [0.2, 0.25) is 0 Å². The molecule has 0 atom stereocenters. The van der Waals surface area contributed by atoms with E-state index in [9.17, 15) is 4.79 Å². The molecule has 0 heterocycles. The lowest BCUT2D eigenvalue weighted by molar-refractivity contribution is 0.101. The van der Waals surface area contributed by atoms with E-state index >= 15 is 0 Å². The summed E-state index contributed by atoms with van der Waals surface area (Å²) in [5, 5.41) is 3.34. The molecular formula is C16H17NO. The zero-order chi connectivity index (χ0) is 13.0. The second-order valence-electron chi connectivity index (χ2n) is 4.47.